The molecule has 1 saturated carbocycles. The van der Waals surface area contributed by atoms with Crippen molar-refractivity contribution < 1.29 is 9.53 Å². The molecule has 15 heavy (non-hydrogen) atoms. The zero-order valence-electron chi connectivity index (χ0n) is 8.99. The number of rotatable bonds is 3. The molecule has 1 aromatic carbocycles. The molecule has 0 aliphatic heterocycles. The van der Waals surface area contributed by atoms with Gasteiger partial charge in [-0.25, -0.2) is 0 Å². The van der Waals surface area contributed by atoms with Crippen molar-refractivity contribution in [3.8, 4) is 5.75 Å². The predicted molar refractivity (Wildman–Crippen MR) is 58.0 cm³/mol. The maximum absolute atomic E-state index is 10.8. The van der Waals surface area contributed by atoms with Crippen molar-refractivity contribution in [2.75, 3.05) is 7.11 Å². The number of hydrogen-bond donors (Lipinski definition) is 1. The average molecular weight is 205 g/mol. The number of methoxy groups -OCH3 is 1. The summed E-state index contributed by atoms with van der Waals surface area (Å²) in [5.74, 6) is 1.41. The van der Waals surface area contributed by atoms with Crippen LogP contribution >= 0.6 is 0 Å². The monoisotopic (exact) mass is 205 g/mol. The fourth-order valence-electron chi connectivity index (χ4n) is 1.84. The van der Waals surface area contributed by atoms with Gasteiger partial charge in [-0.15, -0.1) is 0 Å². The van der Waals surface area contributed by atoms with Crippen LogP contribution in [-0.4, -0.2) is 19.1 Å². The Morgan fingerprint density at radius 1 is 1.40 bits per heavy atom. The second-order valence-electron chi connectivity index (χ2n) is 3.92. The molecule has 2 rings (SSSR count). The lowest BCUT2D eigenvalue weighted by molar-refractivity contribution is -0.119. The first kappa shape index (κ1) is 10.0. The zero-order chi connectivity index (χ0) is 10.8. The number of carbonyl (C=O) groups excluding carboxylic acids is 1. The van der Waals surface area contributed by atoms with E-state index in [1.807, 2.05) is 12.1 Å². The van der Waals surface area contributed by atoms with Gasteiger partial charge in [-0.1, -0.05) is 12.1 Å². The van der Waals surface area contributed by atoms with Gasteiger partial charge in [0.05, 0.1) is 7.11 Å². The Labute approximate surface area is 89.4 Å². The quantitative estimate of drug-likeness (QED) is 0.815. The molecule has 1 aliphatic carbocycles. The molecule has 0 heterocycles. The molecule has 0 saturated heterocycles. The van der Waals surface area contributed by atoms with Crippen LogP contribution in [0.4, 0.5) is 0 Å². The summed E-state index contributed by atoms with van der Waals surface area (Å²) in [5, 5.41) is 2.92. The smallest absolute Gasteiger partial charge is 0.217 e. The Morgan fingerprint density at radius 3 is 2.60 bits per heavy atom. The van der Waals surface area contributed by atoms with E-state index in [4.69, 9.17) is 4.74 Å². The average Bonchev–Trinajstić information content (AvgIpc) is 2.96. The summed E-state index contributed by atoms with van der Waals surface area (Å²) in [6, 6.07) is 8.36. The minimum absolute atomic E-state index is 0.0519. The van der Waals surface area contributed by atoms with E-state index in [2.05, 4.69) is 17.4 Å². The standard InChI is InChI=1S/C12H15NO2/c1-8(14)13-12-7-11(12)9-3-5-10(15-2)6-4-9/h3-6,11-12H,7H2,1-2H3,(H,13,14)/t11-,12-/m0/s1. The molecule has 1 amide bonds. The highest BCUT2D eigenvalue weighted by molar-refractivity contribution is 5.73. The van der Waals surface area contributed by atoms with Crippen LogP contribution in [0.3, 0.4) is 0 Å². The van der Waals surface area contributed by atoms with E-state index in [0.29, 0.717) is 12.0 Å². The molecule has 0 radical (unpaired) electrons. The van der Waals surface area contributed by atoms with Crippen LogP contribution in [0.15, 0.2) is 24.3 Å². The van der Waals surface area contributed by atoms with Crippen molar-refractivity contribution in [1.29, 1.82) is 0 Å². The van der Waals surface area contributed by atoms with Gasteiger partial charge in [0.1, 0.15) is 5.75 Å². The summed E-state index contributed by atoms with van der Waals surface area (Å²) < 4.78 is 5.09. The largest absolute Gasteiger partial charge is 0.497 e. The van der Waals surface area contributed by atoms with E-state index in [9.17, 15) is 4.79 Å². The number of nitrogens with one attached hydrogen (secondary N) is 1. The van der Waals surface area contributed by atoms with Crippen LogP contribution in [0, 0.1) is 0 Å². The summed E-state index contributed by atoms with van der Waals surface area (Å²) in [7, 11) is 1.66. The molecule has 0 unspecified atom stereocenters. The molecular weight excluding hydrogens is 190 g/mol. The highest BCUT2D eigenvalue weighted by Gasteiger charge is 2.38. The van der Waals surface area contributed by atoms with Crippen molar-refractivity contribution in [2.24, 2.45) is 0 Å². The molecule has 2 atom stereocenters. The lowest BCUT2D eigenvalue weighted by Crippen LogP contribution is -2.23. The second-order valence-corrected chi connectivity index (χ2v) is 3.92. The Bertz CT molecular complexity index is 358. The summed E-state index contributed by atoms with van der Waals surface area (Å²) in [4.78, 5) is 10.8. The predicted octanol–water partition coefficient (Wildman–Crippen LogP) is 1.69. The van der Waals surface area contributed by atoms with E-state index >= 15 is 0 Å². The molecule has 0 spiro atoms. The Kier molecular flexibility index (Phi) is 2.62. The van der Waals surface area contributed by atoms with E-state index in [-0.39, 0.29) is 5.91 Å². The fourth-order valence-corrected chi connectivity index (χ4v) is 1.84. The highest BCUT2D eigenvalue weighted by Crippen LogP contribution is 2.41. The van der Waals surface area contributed by atoms with Crippen molar-refractivity contribution in [3.63, 3.8) is 0 Å². The number of hydrogen-bond acceptors (Lipinski definition) is 2. The van der Waals surface area contributed by atoms with Crippen molar-refractivity contribution in [1.82, 2.24) is 5.32 Å². The van der Waals surface area contributed by atoms with Crippen molar-refractivity contribution >= 4 is 5.91 Å². The molecule has 1 aliphatic rings. The zero-order valence-corrected chi connectivity index (χ0v) is 8.99. The first-order chi connectivity index (χ1) is 7.20. The molecule has 1 N–H and O–H groups in total. The van der Waals surface area contributed by atoms with E-state index in [0.717, 1.165) is 12.2 Å². The fraction of sp³-hybridized carbons (Fsp3) is 0.417. The molecule has 1 aromatic rings. The van der Waals surface area contributed by atoms with E-state index in [1.165, 1.54) is 5.56 Å². The van der Waals surface area contributed by atoms with Gasteiger partial charge < -0.3 is 10.1 Å². The van der Waals surface area contributed by atoms with Gasteiger partial charge in [-0.2, -0.15) is 0 Å². The summed E-state index contributed by atoms with van der Waals surface area (Å²) in [6.07, 6.45) is 1.05. The molecule has 0 aromatic heterocycles. The van der Waals surface area contributed by atoms with E-state index < -0.39 is 0 Å². The van der Waals surface area contributed by atoms with Crippen LogP contribution in [0.25, 0.3) is 0 Å². The molecule has 0 bridgehead atoms. The lowest BCUT2D eigenvalue weighted by Gasteiger charge is -2.03. The van der Waals surface area contributed by atoms with Crippen LogP contribution in [0.2, 0.25) is 0 Å². The molecular formula is C12H15NO2. The summed E-state index contributed by atoms with van der Waals surface area (Å²) in [5.41, 5.74) is 1.27. The number of benzene rings is 1. The van der Waals surface area contributed by atoms with Gasteiger partial charge >= 0.3 is 0 Å². The van der Waals surface area contributed by atoms with Crippen LogP contribution in [0.5, 0.6) is 5.75 Å². The minimum atomic E-state index is 0.0519. The van der Waals surface area contributed by atoms with Crippen molar-refractivity contribution in [2.45, 2.75) is 25.3 Å². The number of carbonyl (C=O) groups is 1. The van der Waals surface area contributed by atoms with Crippen LogP contribution in [0.1, 0.15) is 24.8 Å². The Morgan fingerprint density at radius 2 is 2.07 bits per heavy atom. The van der Waals surface area contributed by atoms with E-state index in [1.54, 1.807) is 14.0 Å². The van der Waals surface area contributed by atoms with Crippen LogP contribution < -0.4 is 10.1 Å². The van der Waals surface area contributed by atoms with Gasteiger partial charge in [0.2, 0.25) is 5.91 Å². The first-order valence-corrected chi connectivity index (χ1v) is 5.12. The summed E-state index contributed by atoms with van der Waals surface area (Å²) in [6.45, 7) is 1.56. The maximum Gasteiger partial charge on any atom is 0.217 e. The van der Waals surface area contributed by atoms with Gasteiger partial charge in [-0.3, -0.25) is 4.79 Å². The maximum atomic E-state index is 10.8. The molecule has 1 fully saturated rings. The third-order valence-electron chi connectivity index (χ3n) is 2.72. The SMILES string of the molecule is COc1ccc([C@@H]2C[C@@H]2NC(C)=O)cc1. The molecule has 3 nitrogen and oxygen atoms in total. The topological polar surface area (TPSA) is 38.3 Å². The lowest BCUT2D eigenvalue weighted by atomic mass is 10.1. The summed E-state index contributed by atoms with van der Waals surface area (Å²) >= 11 is 0. The highest BCUT2D eigenvalue weighted by atomic mass is 16.5. The third-order valence-corrected chi connectivity index (χ3v) is 2.72. The Balaban J connectivity index is 1.97. The van der Waals surface area contributed by atoms with Gasteiger partial charge in [0.15, 0.2) is 0 Å². The first-order valence-electron chi connectivity index (χ1n) is 5.12. The normalized spacial score (nSPS) is 23.3. The third kappa shape index (κ3) is 2.29. The van der Waals surface area contributed by atoms with Gasteiger partial charge in [0.25, 0.3) is 0 Å². The second kappa shape index (κ2) is 3.93. The number of ether oxygens (including phenoxy) is 1. The van der Waals surface area contributed by atoms with Crippen molar-refractivity contribution in [3.05, 3.63) is 29.8 Å². The number of amides is 1. The Hall–Kier alpha value is -1.51. The molecule has 80 valence electrons. The van der Waals surface area contributed by atoms with Gasteiger partial charge in [0, 0.05) is 18.9 Å². The minimum Gasteiger partial charge on any atom is -0.497 e. The molecule has 3 heteroatoms. The van der Waals surface area contributed by atoms with Gasteiger partial charge in [-0.05, 0) is 24.1 Å². The van der Waals surface area contributed by atoms with Crippen LogP contribution in [-0.2, 0) is 4.79 Å².